The molecule has 0 aromatic heterocycles. The number of nitrogens with zero attached hydrogens (tertiary/aromatic N) is 1. The lowest BCUT2D eigenvalue weighted by Crippen LogP contribution is -2.53. The summed E-state index contributed by atoms with van der Waals surface area (Å²) < 4.78 is 39.7. The van der Waals surface area contributed by atoms with Gasteiger partial charge in [0.1, 0.15) is 0 Å². The number of rotatable bonds is 1. The number of carbonyl (C=O) groups is 1. The van der Waals surface area contributed by atoms with E-state index in [1.54, 1.807) is 0 Å². The molecule has 1 N–H and O–H groups in total. The third-order valence-corrected chi connectivity index (χ3v) is 4.00. The molecule has 0 saturated carbocycles. The van der Waals surface area contributed by atoms with E-state index in [2.05, 4.69) is 5.32 Å². The maximum atomic E-state index is 13.2. The zero-order valence-corrected chi connectivity index (χ0v) is 10.4. The van der Waals surface area contributed by atoms with Crippen molar-refractivity contribution in [3.63, 3.8) is 0 Å². The number of nitrogens with one attached hydrogen (secondary N) is 1. The van der Waals surface area contributed by atoms with Crippen LogP contribution in [0.1, 0.15) is 32.1 Å². The molecule has 0 aliphatic carbocycles. The fourth-order valence-corrected chi connectivity index (χ4v) is 2.81. The van der Waals surface area contributed by atoms with Crippen molar-refractivity contribution in [1.82, 2.24) is 10.2 Å². The molecule has 0 aromatic rings. The van der Waals surface area contributed by atoms with Gasteiger partial charge in [0.15, 0.2) is 5.41 Å². The predicted molar refractivity (Wildman–Crippen MR) is 61.0 cm³/mol. The maximum Gasteiger partial charge on any atom is 0.404 e. The quantitative estimate of drug-likeness (QED) is 0.785. The summed E-state index contributed by atoms with van der Waals surface area (Å²) in [6.45, 7) is 0.929. The molecule has 1 amide bonds. The van der Waals surface area contributed by atoms with E-state index >= 15 is 0 Å². The zero-order chi connectivity index (χ0) is 13.2. The third kappa shape index (κ3) is 2.35. The predicted octanol–water partition coefficient (Wildman–Crippen LogP) is 1.93. The normalized spacial score (nSPS) is 30.3. The smallest absolute Gasteiger partial charge is 0.342 e. The van der Waals surface area contributed by atoms with Crippen LogP contribution in [0.4, 0.5) is 13.2 Å². The first kappa shape index (κ1) is 13.6. The van der Waals surface area contributed by atoms with Gasteiger partial charge in [-0.25, -0.2) is 0 Å². The highest BCUT2D eigenvalue weighted by Gasteiger charge is 2.62. The molecule has 18 heavy (non-hydrogen) atoms. The minimum atomic E-state index is -4.46. The molecule has 6 heteroatoms. The highest BCUT2D eigenvalue weighted by molar-refractivity contribution is 5.84. The average Bonchev–Trinajstić information content (AvgIpc) is 2.66. The highest BCUT2D eigenvalue weighted by atomic mass is 19.4. The van der Waals surface area contributed by atoms with Crippen molar-refractivity contribution in [2.75, 3.05) is 26.2 Å². The van der Waals surface area contributed by atoms with E-state index < -0.39 is 17.5 Å². The molecular formula is C12H19F3N2O. The number of likely N-dealkylation sites (tertiary alicyclic amines) is 1. The monoisotopic (exact) mass is 264 g/mol. The molecule has 2 rings (SSSR count). The Kier molecular flexibility index (Phi) is 3.84. The van der Waals surface area contributed by atoms with E-state index in [0.717, 1.165) is 25.7 Å². The van der Waals surface area contributed by atoms with Crippen molar-refractivity contribution in [3.8, 4) is 0 Å². The first-order chi connectivity index (χ1) is 8.47. The number of hydrogen-bond donors (Lipinski definition) is 1. The topological polar surface area (TPSA) is 32.3 Å². The molecule has 3 nitrogen and oxygen atoms in total. The van der Waals surface area contributed by atoms with Gasteiger partial charge in [0.05, 0.1) is 0 Å². The molecule has 104 valence electrons. The first-order valence-corrected chi connectivity index (χ1v) is 6.54. The number of amides is 1. The van der Waals surface area contributed by atoms with Gasteiger partial charge in [-0.1, -0.05) is 12.8 Å². The first-order valence-electron chi connectivity index (χ1n) is 6.54. The fraction of sp³-hybridized carbons (Fsp3) is 0.917. The van der Waals surface area contributed by atoms with Crippen LogP contribution in [-0.2, 0) is 4.79 Å². The second-order valence-electron chi connectivity index (χ2n) is 5.21. The second-order valence-corrected chi connectivity index (χ2v) is 5.21. The Labute approximate surface area is 105 Å². The van der Waals surface area contributed by atoms with Gasteiger partial charge in [-0.15, -0.1) is 0 Å². The van der Waals surface area contributed by atoms with Crippen LogP contribution in [0.2, 0.25) is 0 Å². The Hall–Kier alpha value is -0.780. The van der Waals surface area contributed by atoms with Crippen LogP contribution < -0.4 is 5.32 Å². The van der Waals surface area contributed by atoms with Crippen molar-refractivity contribution in [2.24, 2.45) is 5.41 Å². The SMILES string of the molecule is O=C(N1CCCCCC1)C1(C(F)(F)F)CCNC1. The minimum Gasteiger partial charge on any atom is -0.342 e. The van der Waals surface area contributed by atoms with Gasteiger partial charge < -0.3 is 10.2 Å². The largest absolute Gasteiger partial charge is 0.404 e. The summed E-state index contributed by atoms with van der Waals surface area (Å²) in [4.78, 5) is 13.7. The Morgan fingerprint density at radius 2 is 1.72 bits per heavy atom. The van der Waals surface area contributed by atoms with E-state index in [1.807, 2.05) is 0 Å². The van der Waals surface area contributed by atoms with Crippen molar-refractivity contribution in [1.29, 1.82) is 0 Å². The molecular weight excluding hydrogens is 245 g/mol. The second kappa shape index (κ2) is 5.07. The third-order valence-electron chi connectivity index (χ3n) is 4.00. The summed E-state index contributed by atoms with van der Waals surface area (Å²) in [5, 5.41) is 2.69. The summed E-state index contributed by atoms with van der Waals surface area (Å²) in [6, 6.07) is 0. The Morgan fingerprint density at radius 1 is 1.11 bits per heavy atom. The lowest BCUT2D eigenvalue weighted by molar-refractivity contribution is -0.221. The summed E-state index contributed by atoms with van der Waals surface area (Å²) in [7, 11) is 0. The molecule has 0 spiro atoms. The lowest BCUT2D eigenvalue weighted by atomic mass is 9.84. The number of halogens is 3. The van der Waals surface area contributed by atoms with E-state index in [-0.39, 0.29) is 19.5 Å². The molecule has 1 atom stereocenters. The molecule has 1 unspecified atom stereocenters. The van der Waals surface area contributed by atoms with Crippen molar-refractivity contribution >= 4 is 5.91 Å². The van der Waals surface area contributed by atoms with Crippen molar-refractivity contribution in [3.05, 3.63) is 0 Å². The molecule has 2 aliphatic rings. The van der Waals surface area contributed by atoms with Crippen molar-refractivity contribution < 1.29 is 18.0 Å². The van der Waals surface area contributed by atoms with E-state index in [9.17, 15) is 18.0 Å². The summed E-state index contributed by atoms with van der Waals surface area (Å²) in [6.07, 6.45) is -0.964. The molecule has 2 aliphatic heterocycles. The zero-order valence-electron chi connectivity index (χ0n) is 10.4. The molecule has 0 bridgehead atoms. The van der Waals surface area contributed by atoms with Gasteiger partial charge >= 0.3 is 6.18 Å². The van der Waals surface area contributed by atoms with Crippen LogP contribution in [0.25, 0.3) is 0 Å². The fourth-order valence-electron chi connectivity index (χ4n) is 2.81. The van der Waals surface area contributed by atoms with Crippen LogP contribution >= 0.6 is 0 Å². The van der Waals surface area contributed by atoms with Gasteiger partial charge in [-0.3, -0.25) is 4.79 Å². The molecule has 2 heterocycles. The van der Waals surface area contributed by atoms with E-state index in [0.29, 0.717) is 13.1 Å². The molecule has 2 fully saturated rings. The van der Waals surface area contributed by atoms with Crippen LogP contribution in [0.15, 0.2) is 0 Å². The summed E-state index contributed by atoms with van der Waals surface area (Å²) >= 11 is 0. The van der Waals surface area contributed by atoms with Crippen LogP contribution in [0.5, 0.6) is 0 Å². The molecule has 0 radical (unpaired) electrons. The standard InChI is InChI=1S/C12H19F3N2O/c13-12(14,15)11(5-6-16-9-11)10(18)17-7-3-1-2-4-8-17/h16H,1-9H2. The van der Waals surface area contributed by atoms with Gasteiger partial charge in [0.25, 0.3) is 0 Å². The van der Waals surface area contributed by atoms with Crippen molar-refractivity contribution in [2.45, 2.75) is 38.3 Å². The Bertz CT molecular complexity index is 303. The Morgan fingerprint density at radius 3 is 2.17 bits per heavy atom. The Balaban J connectivity index is 2.18. The number of carbonyl (C=O) groups excluding carboxylic acids is 1. The number of hydrogen-bond acceptors (Lipinski definition) is 2. The maximum absolute atomic E-state index is 13.2. The van der Waals surface area contributed by atoms with Gasteiger partial charge in [0.2, 0.25) is 5.91 Å². The number of alkyl halides is 3. The van der Waals surface area contributed by atoms with Crippen LogP contribution in [-0.4, -0.2) is 43.2 Å². The lowest BCUT2D eigenvalue weighted by Gasteiger charge is -2.34. The van der Waals surface area contributed by atoms with Gasteiger partial charge in [-0.05, 0) is 25.8 Å². The van der Waals surface area contributed by atoms with Gasteiger partial charge in [-0.2, -0.15) is 13.2 Å². The van der Waals surface area contributed by atoms with Crippen LogP contribution in [0.3, 0.4) is 0 Å². The van der Waals surface area contributed by atoms with E-state index in [1.165, 1.54) is 4.90 Å². The van der Waals surface area contributed by atoms with Gasteiger partial charge in [0, 0.05) is 19.6 Å². The highest BCUT2D eigenvalue weighted by Crippen LogP contribution is 2.44. The summed E-state index contributed by atoms with van der Waals surface area (Å²) in [5.74, 6) is -0.720. The van der Waals surface area contributed by atoms with E-state index in [4.69, 9.17) is 0 Å². The van der Waals surface area contributed by atoms with Crippen LogP contribution in [0, 0.1) is 5.41 Å². The minimum absolute atomic E-state index is 0.133. The average molecular weight is 264 g/mol. The molecule has 2 saturated heterocycles. The molecule has 0 aromatic carbocycles. The summed E-state index contributed by atoms with van der Waals surface area (Å²) in [5.41, 5.74) is -2.18.